The lowest BCUT2D eigenvalue weighted by Crippen LogP contribution is -2.28. The molecule has 0 spiro atoms. The Labute approximate surface area is 268 Å². The summed E-state index contributed by atoms with van der Waals surface area (Å²) in [6.07, 6.45) is 0. The third-order valence-corrected chi connectivity index (χ3v) is 10.1. The largest absolute Gasteiger partial charge is 0.456 e. The van der Waals surface area contributed by atoms with Crippen molar-refractivity contribution >= 4 is 21.5 Å². The van der Waals surface area contributed by atoms with E-state index in [9.17, 15) is 0 Å². The molecule has 1 aliphatic carbocycles. The molecule has 1 aliphatic heterocycles. The Bertz CT molecular complexity index is 2450. The van der Waals surface area contributed by atoms with Crippen molar-refractivity contribution in [2.45, 2.75) is 5.41 Å². The van der Waals surface area contributed by atoms with Crippen LogP contribution in [-0.2, 0) is 5.41 Å². The van der Waals surface area contributed by atoms with Crippen molar-refractivity contribution in [2.75, 3.05) is 0 Å². The van der Waals surface area contributed by atoms with Crippen LogP contribution < -0.4 is 4.74 Å². The van der Waals surface area contributed by atoms with Gasteiger partial charge < -0.3 is 4.74 Å². The van der Waals surface area contributed by atoms with E-state index in [-0.39, 0.29) is 0 Å². The standard InChI is InChI=1S/C45H28O/c1-3-16-33(17-4-1)45(34-18-5-2-6-19-34)39-28-32(24-25-36(39)38-26-30-12-7-8-13-31(30)27-40(38)45)35-20-11-23-42-44(35)37-21-9-14-29-15-10-22-41(46-42)43(29)37/h1-28H. The minimum atomic E-state index is -0.481. The third-order valence-electron chi connectivity index (χ3n) is 10.1. The molecule has 0 saturated carbocycles. The lowest BCUT2D eigenvalue weighted by molar-refractivity contribution is 0.487. The van der Waals surface area contributed by atoms with Crippen LogP contribution in [0.25, 0.3) is 54.9 Å². The van der Waals surface area contributed by atoms with E-state index in [2.05, 4.69) is 170 Å². The van der Waals surface area contributed by atoms with E-state index in [4.69, 9.17) is 4.74 Å². The predicted octanol–water partition coefficient (Wildman–Crippen LogP) is 11.8. The molecule has 0 N–H and O–H groups in total. The van der Waals surface area contributed by atoms with Gasteiger partial charge in [-0.25, -0.2) is 0 Å². The second-order valence-corrected chi connectivity index (χ2v) is 12.4. The van der Waals surface area contributed by atoms with E-state index in [0.717, 1.165) is 17.1 Å². The summed E-state index contributed by atoms with van der Waals surface area (Å²) < 4.78 is 6.58. The minimum Gasteiger partial charge on any atom is -0.456 e. The molecule has 1 heterocycles. The molecule has 0 fully saturated rings. The predicted molar refractivity (Wildman–Crippen MR) is 190 cm³/mol. The van der Waals surface area contributed by atoms with Crippen LogP contribution in [0, 0.1) is 0 Å². The van der Waals surface area contributed by atoms with Crippen molar-refractivity contribution in [3.8, 4) is 44.9 Å². The molecule has 0 saturated heterocycles. The van der Waals surface area contributed by atoms with E-state index in [1.807, 2.05) is 0 Å². The van der Waals surface area contributed by atoms with Crippen LogP contribution in [0.5, 0.6) is 11.5 Å². The zero-order valence-corrected chi connectivity index (χ0v) is 25.1. The monoisotopic (exact) mass is 584 g/mol. The van der Waals surface area contributed by atoms with Crippen LogP contribution in [-0.4, -0.2) is 0 Å². The third kappa shape index (κ3) is 3.40. The van der Waals surface area contributed by atoms with Crippen LogP contribution in [0.3, 0.4) is 0 Å². The average Bonchev–Trinajstić information content (AvgIpc) is 3.40. The second-order valence-electron chi connectivity index (χ2n) is 12.4. The van der Waals surface area contributed by atoms with E-state index in [1.54, 1.807) is 0 Å². The first-order valence-corrected chi connectivity index (χ1v) is 15.9. The normalized spacial score (nSPS) is 13.6. The Morgan fingerprint density at radius 2 is 0.957 bits per heavy atom. The fourth-order valence-electron chi connectivity index (χ4n) is 8.19. The number of hydrogen-bond donors (Lipinski definition) is 0. The van der Waals surface area contributed by atoms with Gasteiger partial charge in [0.1, 0.15) is 11.5 Å². The smallest absolute Gasteiger partial charge is 0.135 e. The summed E-state index contributed by atoms with van der Waals surface area (Å²) in [4.78, 5) is 0. The number of ether oxygens (including phenoxy) is 1. The lowest BCUT2D eigenvalue weighted by atomic mass is 9.67. The molecule has 0 aromatic heterocycles. The first-order chi connectivity index (χ1) is 22.8. The van der Waals surface area contributed by atoms with E-state index in [0.29, 0.717) is 0 Å². The highest BCUT2D eigenvalue weighted by atomic mass is 16.5. The van der Waals surface area contributed by atoms with Crippen LogP contribution in [0.15, 0.2) is 170 Å². The van der Waals surface area contributed by atoms with Crippen LogP contribution in [0.2, 0.25) is 0 Å². The summed E-state index contributed by atoms with van der Waals surface area (Å²) >= 11 is 0. The molecule has 0 unspecified atom stereocenters. The average molecular weight is 585 g/mol. The number of rotatable bonds is 3. The van der Waals surface area contributed by atoms with Crippen molar-refractivity contribution in [3.63, 3.8) is 0 Å². The fourth-order valence-corrected chi connectivity index (χ4v) is 8.19. The molecule has 8 aromatic carbocycles. The molecular weight excluding hydrogens is 556 g/mol. The van der Waals surface area contributed by atoms with Crippen molar-refractivity contribution in [1.82, 2.24) is 0 Å². The molecule has 10 rings (SSSR count). The molecular formula is C45H28O. The van der Waals surface area contributed by atoms with E-state index < -0.39 is 5.41 Å². The van der Waals surface area contributed by atoms with Crippen molar-refractivity contribution in [3.05, 3.63) is 192 Å². The number of hydrogen-bond acceptors (Lipinski definition) is 1. The first kappa shape index (κ1) is 25.4. The zero-order chi connectivity index (χ0) is 30.2. The van der Waals surface area contributed by atoms with Crippen molar-refractivity contribution in [2.24, 2.45) is 0 Å². The minimum absolute atomic E-state index is 0.481. The highest BCUT2D eigenvalue weighted by molar-refractivity contribution is 6.07. The highest BCUT2D eigenvalue weighted by Gasteiger charge is 2.46. The number of fused-ring (bicyclic) bond motifs is 6. The SMILES string of the molecule is c1ccc(C2(c3ccccc3)c3cc(-c4cccc5c4-c4cccc6cccc(c46)O5)ccc3-c3cc4ccccc4cc32)cc1. The van der Waals surface area contributed by atoms with Gasteiger partial charge in [0, 0.05) is 10.9 Å². The Kier molecular flexibility index (Phi) is 5.27. The summed E-state index contributed by atoms with van der Waals surface area (Å²) in [5.74, 6) is 1.82. The highest BCUT2D eigenvalue weighted by Crippen LogP contribution is 2.58. The quantitative estimate of drug-likeness (QED) is 0.201. The topological polar surface area (TPSA) is 9.23 Å². The van der Waals surface area contributed by atoms with Gasteiger partial charge in [-0.3, -0.25) is 0 Å². The zero-order valence-electron chi connectivity index (χ0n) is 25.1. The summed E-state index contributed by atoms with van der Waals surface area (Å²) in [5, 5.41) is 4.88. The van der Waals surface area contributed by atoms with Gasteiger partial charge in [-0.1, -0.05) is 140 Å². The van der Waals surface area contributed by atoms with E-state index >= 15 is 0 Å². The first-order valence-electron chi connectivity index (χ1n) is 15.9. The lowest BCUT2D eigenvalue weighted by Gasteiger charge is -2.34. The molecule has 2 aliphatic rings. The molecule has 0 radical (unpaired) electrons. The van der Waals surface area contributed by atoms with E-state index in [1.165, 1.54) is 71.6 Å². The van der Waals surface area contributed by atoms with Crippen LogP contribution in [0.1, 0.15) is 22.3 Å². The van der Waals surface area contributed by atoms with Gasteiger partial charge in [0.15, 0.2) is 0 Å². The Morgan fingerprint density at radius 1 is 0.370 bits per heavy atom. The maximum absolute atomic E-state index is 6.58. The maximum Gasteiger partial charge on any atom is 0.135 e. The molecule has 0 bridgehead atoms. The van der Waals surface area contributed by atoms with Crippen molar-refractivity contribution < 1.29 is 4.74 Å². The summed E-state index contributed by atoms with van der Waals surface area (Å²) in [6.45, 7) is 0. The molecule has 46 heavy (non-hydrogen) atoms. The molecule has 1 nitrogen and oxygen atoms in total. The molecule has 0 amide bonds. The Balaban J connectivity index is 1.30. The van der Waals surface area contributed by atoms with Gasteiger partial charge in [0.2, 0.25) is 0 Å². The summed E-state index contributed by atoms with van der Waals surface area (Å²) in [6, 6.07) is 62.1. The van der Waals surface area contributed by atoms with Gasteiger partial charge in [-0.2, -0.15) is 0 Å². The Morgan fingerprint density at radius 3 is 1.72 bits per heavy atom. The van der Waals surface area contributed by atoms with Gasteiger partial charge in [0.05, 0.1) is 5.41 Å². The maximum atomic E-state index is 6.58. The van der Waals surface area contributed by atoms with Crippen LogP contribution >= 0.6 is 0 Å². The van der Waals surface area contributed by atoms with Crippen molar-refractivity contribution in [1.29, 1.82) is 0 Å². The van der Waals surface area contributed by atoms with Gasteiger partial charge in [-0.15, -0.1) is 0 Å². The number of benzene rings is 8. The molecule has 214 valence electrons. The van der Waals surface area contributed by atoms with Crippen LogP contribution in [0.4, 0.5) is 0 Å². The molecule has 8 aromatic rings. The summed E-state index contributed by atoms with van der Waals surface area (Å²) in [7, 11) is 0. The molecule has 1 heteroatoms. The fraction of sp³-hybridized carbons (Fsp3) is 0.0222. The molecule has 0 atom stereocenters. The Hall–Kier alpha value is -5.92. The van der Waals surface area contributed by atoms with Gasteiger partial charge >= 0.3 is 0 Å². The summed E-state index contributed by atoms with van der Waals surface area (Å²) in [5.41, 5.74) is 12.0. The second kappa shape index (κ2) is 9.54. The van der Waals surface area contributed by atoms with Gasteiger partial charge in [-0.05, 0) is 96.6 Å². The van der Waals surface area contributed by atoms with Gasteiger partial charge in [0.25, 0.3) is 0 Å².